The van der Waals surface area contributed by atoms with Crippen LogP contribution in [0.3, 0.4) is 0 Å². The fourth-order valence-electron chi connectivity index (χ4n) is 2.32. The van der Waals surface area contributed by atoms with Crippen LogP contribution in [0.4, 0.5) is 0 Å². The molecule has 0 atom stereocenters. The summed E-state index contributed by atoms with van der Waals surface area (Å²) in [6.45, 7) is 5.92. The molecule has 5 nitrogen and oxygen atoms in total. The summed E-state index contributed by atoms with van der Waals surface area (Å²) in [6.07, 6.45) is 0.917. The second-order valence-electron chi connectivity index (χ2n) is 5.49. The Morgan fingerprint density at radius 3 is 2.38 bits per heavy atom. The van der Waals surface area contributed by atoms with Crippen LogP contribution >= 0.6 is 0 Å². The molecule has 0 aliphatic heterocycles. The number of carbonyl (C=O) groups excluding carboxylic acids is 1. The van der Waals surface area contributed by atoms with Crippen molar-refractivity contribution in [2.24, 2.45) is 5.41 Å². The summed E-state index contributed by atoms with van der Waals surface area (Å²) in [5.74, 6) is -1.06. The van der Waals surface area contributed by atoms with Gasteiger partial charge >= 0.3 is 5.97 Å². The lowest BCUT2D eigenvalue weighted by molar-refractivity contribution is -0.154. The number of carboxylic acid groups (broad SMARTS) is 1. The maximum atomic E-state index is 12.3. The normalized spacial score (nSPS) is 11.2. The lowest BCUT2D eigenvalue weighted by atomic mass is 9.79. The molecule has 0 saturated heterocycles. The average Bonchev–Trinajstić information content (AvgIpc) is 2.44. The van der Waals surface area contributed by atoms with Gasteiger partial charge in [0.1, 0.15) is 0 Å². The van der Waals surface area contributed by atoms with E-state index >= 15 is 0 Å². The zero-order chi connectivity index (χ0) is 16.0. The third kappa shape index (κ3) is 4.28. The van der Waals surface area contributed by atoms with Gasteiger partial charge in [-0.3, -0.25) is 14.6 Å². The van der Waals surface area contributed by atoms with E-state index in [4.69, 9.17) is 0 Å². The first-order valence-corrected chi connectivity index (χ1v) is 7.24. The van der Waals surface area contributed by atoms with Gasteiger partial charge in [0, 0.05) is 19.2 Å². The molecule has 0 aliphatic carbocycles. The summed E-state index contributed by atoms with van der Waals surface area (Å²) in [5, 5.41) is 9.40. The van der Waals surface area contributed by atoms with Gasteiger partial charge in [-0.05, 0) is 31.9 Å². The molecule has 0 spiro atoms. The maximum Gasteiger partial charge on any atom is 0.310 e. The van der Waals surface area contributed by atoms with E-state index in [1.807, 2.05) is 39.0 Å². The summed E-state index contributed by atoms with van der Waals surface area (Å²) in [7, 11) is 1.68. The summed E-state index contributed by atoms with van der Waals surface area (Å²) < 4.78 is 0. The van der Waals surface area contributed by atoms with Gasteiger partial charge in [0.2, 0.25) is 5.91 Å². The van der Waals surface area contributed by atoms with Gasteiger partial charge in [0.15, 0.2) is 0 Å². The van der Waals surface area contributed by atoms with Crippen LogP contribution in [-0.2, 0) is 16.1 Å². The number of carbonyl (C=O) groups is 2. The van der Waals surface area contributed by atoms with E-state index in [1.165, 1.54) is 0 Å². The van der Waals surface area contributed by atoms with E-state index < -0.39 is 11.4 Å². The Hall–Kier alpha value is -1.91. The quantitative estimate of drug-likeness (QED) is 0.838. The topological polar surface area (TPSA) is 70.5 Å². The second kappa shape index (κ2) is 7.20. The van der Waals surface area contributed by atoms with E-state index in [1.54, 1.807) is 11.9 Å². The fourth-order valence-corrected chi connectivity index (χ4v) is 2.32. The Bertz CT molecular complexity index is 510. The van der Waals surface area contributed by atoms with Crippen LogP contribution in [0.2, 0.25) is 0 Å². The molecule has 0 aliphatic rings. The molecule has 0 unspecified atom stereocenters. The molecule has 0 bridgehead atoms. The Morgan fingerprint density at radius 1 is 1.29 bits per heavy atom. The number of pyridine rings is 1. The molecule has 1 N–H and O–H groups in total. The first-order valence-electron chi connectivity index (χ1n) is 7.24. The minimum atomic E-state index is -0.967. The average molecular weight is 292 g/mol. The summed E-state index contributed by atoms with van der Waals surface area (Å²) in [4.78, 5) is 29.7. The number of hydrogen-bond donors (Lipinski definition) is 1. The van der Waals surface area contributed by atoms with Crippen LogP contribution < -0.4 is 0 Å². The van der Waals surface area contributed by atoms with Crippen molar-refractivity contribution in [1.82, 2.24) is 9.88 Å². The Labute approximate surface area is 126 Å². The minimum Gasteiger partial charge on any atom is -0.481 e. The number of rotatable bonds is 7. The van der Waals surface area contributed by atoms with E-state index in [-0.39, 0.29) is 12.3 Å². The van der Waals surface area contributed by atoms with Gasteiger partial charge in [0.05, 0.1) is 17.7 Å². The summed E-state index contributed by atoms with van der Waals surface area (Å²) >= 11 is 0. The number of amides is 1. The summed E-state index contributed by atoms with van der Waals surface area (Å²) in [6, 6.07) is 5.66. The third-order valence-corrected chi connectivity index (χ3v) is 4.07. The van der Waals surface area contributed by atoms with Gasteiger partial charge in [0.25, 0.3) is 0 Å². The maximum absolute atomic E-state index is 12.3. The Morgan fingerprint density at radius 2 is 1.90 bits per heavy atom. The fraction of sp³-hybridized carbons (Fsp3) is 0.562. The van der Waals surface area contributed by atoms with Crippen molar-refractivity contribution < 1.29 is 14.7 Å². The highest BCUT2D eigenvalue weighted by atomic mass is 16.4. The molecular weight excluding hydrogens is 268 g/mol. The van der Waals surface area contributed by atoms with E-state index in [0.717, 1.165) is 11.4 Å². The highest BCUT2D eigenvalue weighted by Crippen LogP contribution is 2.31. The number of hydrogen-bond acceptors (Lipinski definition) is 3. The number of aliphatic carboxylic acids is 1. The van der Waals surface area contributed by atoms with E-state index in [0.29, 0.717) is 19.4 Å². The van der Waals surface area contributed by atoms with Gasteiger partial charge < -0.3 is 10.0 Å². The lowest BCUT2D eigenvalue weighted by Gasteiger charge is -2.28. The summed E-state index contributed by atoms with van der Waals surface area (Å²) in [5.41, 5.74) is 0.737. The van der Waals surface area contributed by atoms with Crippen molar-refractivity contribution in [2.45, 2.75) is 46.6 Å². The van der Waals surface area contributed by atoms with E-state index in [2.05, 4.69) is 4.98 Å². The van der Waals surface area contributed by atoms with Crippen molar-refractivity contribution in [3.05, 3.63) is 29.6 Å². The van der Waals surface area contributed by atoms with Crippen LogP contribution in [0, 0.1) is 12.3 Å². The van der Waals surface area contributed by atoms with Gasteiger partial charge in [-0.1, -0.05) is 19.9 Å². The zero-order valence-electron chi connectivity index (χ0n) is 13.2. The Balaban J connectivity index is 2.76. The molecule has 0 fully saturated rings. The van der Waals surface area contributed by atoms with Crippen molar-refractivity contribution in [3.8, 4) is 0 Å². The first-order chi connectivity index (χ1) is 9.84. The monoisotopic (exact) mass is 292 g/mol. The molecule has 0 radical (unpaired) electrons. The predicted octanol–water partition coefficient (Wildman–Crippen LogP) is 2.63. The highest BCUT2D eigenvalue weighted by Gasteiger charge is 2.37. The van der Waals surface area contributed by atoms with Crippen LogP contribution in [0.25, 0.3) is 0 Å². The molecule has 1 heterocycles. The van der Waals surface area contributed by atoms with Crippen molar-refractivity contribution in [2.75, 3.05) is 7.05 Å². The number of aryl methyl sites for hydroxylation is 1. The number of nitrogens with zero attached hydrogens (tertiary/aromatic N) is 2. The second-order valence-corrected chi connectivity index (χ2v) is 5.49. The molecule has 116 valence electrons. The molecule has 0 saturated carbocycles. The van der Waals surface area contributed by atoms with E-state index in [9.17, 15) is 14.7 Å². The highest BCUT2D eigenvalue weighted by molar-refractivity contribution is 5.84. The Kier molecular flexibility index (Phi) is 5.88. The van der Waals surface area contributed by atoms with Crippen LogP contribution in [0.5, 0.6) is 0 Å². The largest absolute Gasteiger partial charge is 0.481 e. The van der Waals surface area contributed by atoms with Crippen molar-refractivity contribution in [3.63, 3.8) is 0 Å². The standard InChI is InChI=1S/C16H24N2O3/c1-5-16(6-2,15(20)21)10-14(19)18(4)11-13-9-7-8-12(3)17-13/h7-9H,5-6,10-11H2,1-4H3,(H,20,21). The van der Waals surface area contributed by atoms with Crippen LogP contribution in [0.1, 0.15) is 44.5 Å². The van der Waals surface area contributed by atoms with Gasteiger partial charge in [-0.2, -0.15) is 0 Å². The van der Waals surface area contributed by atoms with Crippen LogP contribution in [0.15, 0.2) is 18.2 Å². The minimum absolute atomic E-state index is 0.0254. The molecular formula is C16H24N2O3. The molecule has 5 heteroatoms. The molecule has 1 aromatic heterocycles. The SMILES string of the molecule is CCC(CC)(CC(=O)N(C)Cc1cccc(C)n1)C(=O)O. The molecule has 0 aromatic carbocycles. The smallest absolute Gasteiger partial charge is 0.310 e. The third-order valence-electron chi connectivity index (χ3n) is 4.07. The van der Waals surface area contributed by atoms with Gasteiger partial charge in [-0.25, -0.2) is 0 Å². The molecule has 1 aromatic rings. The van der Waals surface area contributed by atoms with Crippen molar-refractivity contribution in [1.29, 1.82) is 0 Å². The van der Waals surface area contributed by atoms with Crippen molar-refractivity contribution >= 4 is 11.9 Å². The molecule has 1 amide bonds. The van der Waals surface area contributed by atoms with Gasteiger partial charge in [-0.15, -0.1) is 0 Å². The first kappa shape index (κ1) is 17.1. The number of carboxylic acids is 1. The molecule has 1 rings (SSSR count). The zero-order valence-corrected chi connectivity index (χ0v) is 13.2. The number of aromatic nitrogens is 1. The predicted molar refractivity (Wildman–Crippen MR) is 80.7 cm³/mol. The van der Waals surface area contributed by atoms with Crippen LogP contribution in [-0.4, -0.2) is 33.9 Å². The molecule has 21 heavy (non-hydrogen) atoms. The lowest BCUT2D eigenvalue weighted by Crippen LogP contribution is -2.37.